The van der Waals surface area contributed by atoms with E-state index in [-0.39, 0.29) is 18.1 Å². The fourth-order valence-corrected chi connectivity index (χ4v) is 2.46. The van der Waals surface area contributed by atoms with Crippen molar-refractivity contribution in [2.75, 3.05) is 13.2 Å². The molecule has 3 rings (SSSR count). The van der Waals surface area contributed by atoms with Crippen LogP contribution in [0.25, 0.3) is 0 Å². The summed E-state index contributed by atoms with van der Waals surface area (Å²) in [6.45, 7) is 4.62. The number of aromatic nitrogens is 2. The van der Waals surface area contributed by atoms with Gasteiger partial charge in [-0.2, -0.15) is 0 Å². The van der Waals surface area contributed by atoms with Crippen molar-refractivity contribution in [3.63, 3.8) is 0 Å². The standard InChI is InChI=1S/C16H19N3O4/c1-10-3-4-12(7-17-10)22-15-5-6-21-9-14(15)19-16(20)13-8-18-23-11(13)2/h3-4,7-8,14-15H,5-6,9H2,1-2H3,(H,19,20)/t14-,15+/m1/s1. The largest absolute Gasteiger partial charge is 0.486 e. The van der Waals surface area contributed by atoms with Crippen molar-refractivity contribution in [1.29, 1.82) is 0 Å². The first-order valence-corrected chi connectivity index (χ1v) is 7.52. The van der Waals surface area contributed by atoms with Gasteiger partial charge in [-0.3, -0.25) is 9.78 Å². The Kier molecular flexibility index (Phi) is 4.57. The van der Waals surface area contributed by atoms with Crippen LogP contribution in [0.4, 0.5) is 0 Å². The van der Waals surface area contributed by atoms with Gasteiger partial charge in [-0.25, -0.2) is 0 Å². The number of nitrogens with zero attached hydrogens (tertiary/aromatic N) is 2. The lowest BCUT2D eigenvalue weighted by Gasteiger charge is -2.32. The number of rotatable bonds is 4. The molecular weight excluding hydrogens is 298 g/mol. The molecule has 2 aromatic rings. The first kappa shape index (κ1) is 15.5. The SMILES string of the molecule is Cc1ccc(O[C@H]2CCOC[C@H]2NC(=O)c2cnoc2C)cn1. The van der Waals surface area contributed by atoms with Gasteiger partial charge >= 0.3 is 0 Å². The van der Waals surface area contributed by atoms with E-state index in [9.17, 15) is 4.79 Å². The highest BCUT2D eigenvalue weighted by Crippen LogP contribution is 2.18. The van der Waals surface area contributed by atoms with E-state index >= 15 is 0 Å². The van der Waals surface area contributed by atoms with Gasteiger partial charge in [-0.05, 0) is 26.0 Å². The molecule has 1 aliphatic heterocycles. The van der Waals surface area contributed by atoms with Gasteiger partial charge in [0.2, 0.25) is 0 Å². The molecule has 3 heterocycles. The Bertz CT molecular complexity index is 668. The molecule has 1 aliphatic rings. The summed E-state index contributed by atoms with van der Waals surface area (Å²) in [7, 11) is 0. The predicted octanol–water partition coefficient (Wildman–Crippen LogP) is 1.65. The number of aryl methyl sites for hydroxylation is 2. The molecule has 0 bridgehead atoms. The van der Waals surface area contributed by atoms with Crippen molar-refractivity contribution in [3.05, 3.63) is 41.5 Å². The average molecular weight is 317 g/mol. The van der Waals surface area contributed by atoms with Gasteiger partial charge in [-0.1, -0.05) is 5.16 Å². The van der Waals surface area contributed by atoms with Crippen LogP contribution in [0.2, 0.25) is 0 Å². The molecule has 0 aromatic carbocycles. The monoisotopic (exact) mass is 317 g/mol. The summed E-state index contributed by atoms with van der Waals surface area (Å²) in [5, 5.41) is 6.56. The summed E-state index contributed by atoms with van der Waals surface area (Å²) in [4.78, 5) is 16.5. The quantitative estimate of drug-likeness (QED) is 0.923. The van der Waals surface area contributed by atoms with E-state index in [1.807, 2.05) is 19.1 Å². The van der Waals surface area contributed by atoms with Gasteiger partial charge in [0.1, 0.15) is 23.2 Å². The van der Waals surface area contributed by atoms with E-state index < -0.39 is 0 Å². The van der Waals surface area contributed by atoms with Crippen LogP contribution < -0.4 is 10.1 Å². The molecular formula is C16H19N3O4. The topological polar surface area (TPSA) is 86.5 Å². The minimum atomic E-state index is -0.244. The van der Waals surface area contributed by atoms with E-state index in [1.165, 1.54) is 6.20 Å². The van der Waals surface area contributed by atoms with Gasteiger partial charge < -0.3 is 19.3 Å². The number of ether oxygens (including phenoxy) is 2. The van der Waals surface area contributed by atoms with Gasteiger partial charge in [0.15, 0.2) is 0 Å². The molecule has 1 saturated heterocycles. The lowest BCUT2D eigenvalue weighted by Crippen LogP contribution is -2.51. The van der Waals surface area contributed by atoms with Crippen molar-refractivity contribution in [2.24, 2.45) is 0 Å². The molecule has 7 nitrogen and oxygen atoms in total. The van der Waals surface area contributed by atoms with E-state index in [4.69, 9.17) is 14.0 Å². The van der Waals surface area contributed by atoms with Crippen molar-refractivity contribution < 1.29 is 18.8 Å². The summed E-state index contributed by atoms with van der Waals surface area (Å²) in [6, 6.07) is 3.52. The van der Waals surface area contributed by atoms with Crippen LogP contribution in [0, 0.1) is 13.8 Å². The van der Waals surface area contributed by atoms with Gasteiger partial charge in [0, 0.05) is 12.1 Å². The number of hydrogen-bond acceptors (Lipinski definition) is 6. The molecule has 0 aliphatic carbocycles. The normalized spacial score (nSPS) is 21.0. The van der Waals surface area contributed by atoms with Crippen molar-refractivity contribution in [2.45, 2.75) is 32.4 Å². The second-order valence-electron chi connectivity index (χ2n) is 5.53. The molecule has 0 unspecified atom stereocenters. The third-order valence-electron chi connectivity index (χ3n) is 3.78. The third kappa shape index (κ3) is 3.68. The fourth-order valence-electron chi connectivity index (χ4n) is 2.46. The minimum absolute atomic E-state index is 0.169. The number of amides is 1. The van der Waals surface area contributed by atoms with Crippen LogP contribution in [-0.2, 0) is 4.74 Å². The van der Waals surface area contributed by atoms with E-state index in [1.54, 1.807) is 13.1 Å². The number of pyridine rings is 1. The van der Waals surface area contributed by atoms with E-state index in [2.05, 4.69) is 15.5 Å². The Hall–Kier alpha value is -2.41. The first-order valence-electron chi connectivity index (χ1n) is 7.52. The maximum atomic E-state index is 12.3. The summed E-state index contributed by atoms with van der Waals surface area (Å²) in [6.07, 6.45) is 3.63. The second kappa shape index (κ2) is 6.78. The molecule has 23 heavy (non-hydrogen) atoms. The van der Waals surface area contributed by atoms with Crippen molar-refractivity contribution >= 4 is 5.91 Å². The first-order chi connectivity index (χ1) is 11.1. The summed E-state index contributed by atoms with van der Waals surface area (Å²) < 4.78 is 16.4. The van der Waals surface area contributed by atoms with E-state index in [0.717, 1.165) is 5.69 Å². The Morgan fingerprint density at radius 2 is 2.22 bits per heavy atom. The highest BCUT2D eigenvalue weighted by atomic mass is 16.5. The average Bonchev–Trinajstić information content (AvgIpc) is 2.97. The molecule has 2 atom stereocenters. The van der Waals surface area contributed by atoms with Crippen LogP contribution in [0.5, 0.6) is 5.75 Å². The van der Waals surface area contributed by atoms with Crippen LogP contribution >= 0.6 is 0 Å². The van der Waals surface area contributed by atoms with Crippen molar-refractivity contribution in [3.8, 4) is 5.75 Å². The molecule has 1 fully saturated rings. The molecule has 1 N–H and O–H groups in total. The maximum Gasteiger partial charge on any atom is 0.256 e. The highest BCUT2D eigenvalue weighted by molar-refractivity contribution is 5.94. The Morgan fingerprint density at radius 3 is 2.91 bits per heavy atom. The number of carbonyl (C=O) groups excluding carboxylic acids is 1. The van der Waals surface area contributed by atoms with Gasteiger partial charge in [0.25, 0.3) is 5.91 Å². The molecule has 0 saturated carbocycles. The lowest BCUT2D eigenvalue weighted by atomic mass is 10.1. The Balaban J connectivity index is 1.67. The predicted molar refractivity (Wildman–Crippen MR) is 81.3 cm³/mol. The highest BCUT2D eigenvalue weighted by Gasteiger charge is 2.30. The van der Waals surface area contributed by atoms with Crippen LogP contribution in [0.3, 0.4) is 0 Å². The van der Waals surface area contributed by atoms with Crippen LogP contribution in [-0.4, -0.2) is 41.4 Å². The molecule has 122 valence electrons. The molecule has 1 amide bonds. The van der Waals surface area contributed by atoms with E-state index in [0.29, 0.717) is 36.7 Å². The number of carbonyl (C=O) groups is 1. The fraction of sp³-hybridized carbons (Fsp3) is 0.438. The molecule has 2 aromatic heterocycles. The summed E-state index contributed by atoms with van der Waals surface area (Å²) in [5.74, 6) is 0.928. The summed E-state index contributed by atoms with van der Waals surface area (Å²) >= 11 is 0. The molecule has 0 spiro atoms. The van der Waals surface area contributed by atoms with Gasteiger partial charge in [-0.15, -0.1) is 0 Å². The zero-order valence-electron chi connectivity index (χ0n) is 13.1. The van der Waals surface area contributed by atoms with Crippen LogP contribution in [0.15, 0.2) is 29.0 Å². The summed E-state index contributed by atoms with van der Waals surface area (Å²) in [5.41, 5.74) is 1.35. The van der Waals surface area contributed by atoms with Crippen molar-refractivity contribution in [1.82, 2.24) is 15.5 Å². The zero-order chi connectivity index (χ0) is 16.2. The van der Waals surface area contributed by atoms with Crippen LogP contribution in [0.1, 0.15) is 28.2 Å². The number of nitrogens with one attached hydrogen (secondary N) is 1. The molecule has 0 radical (unpaired) electrons. The maximum absolute atomic E-state index is 12.3. The Morgan fingerprint density at radius 1 is 1.35 bits per heavy atom. The lowest BCUT2D eigenvalue weighted by molar-refractivity contribution is -0.00303. The Labute approximate surface area is 134 Å². The minimum Gasteiger partial charge on any atom is -0.486 e. The smallest absolute Gasteiger partial charge is 0.256 e. The number of hydrogen-bond donors (Lipinski definition) is 1. The second-order valence-corrected chi connectivity index (χ2v) is 5.53. The third-order valence-corrected chi connectivity index (χ3v) is 3.78. The zero-order valence-corrected chi connectivity index (χ0v) is 13.1. The van der Waals surface area contributed by atoms with Gasteiger partial charge in [0.05, 0.1) is 31.6 Å². The molecule has 7 heteroatoms.